The number of likely N-dealkylation sites (tertiary alicyclic amines) is 2. The Morgan fingerprint density at radius 1 is 0.826 bits per heavy atom. The highest BCUT2D eigenvalue weighted by Gasteiger charge is 2.34. The zero-order valence-electron chi connectivity index (χ0n) is 14.6. The van der Waals surface area contributed by atoms with Crippen LogP contribution in [0, 0.1) is 17.8 Å². The smallest absolute Gasteiger partial charge is 0.222 e. The van der Waals surface area contributed by atoms with E-state index in [2.05, 4.69) is 4.90 Å². The third-order valence-corrected chi connectivity index (χ3v) is 6.42. The molecule has 3 fully saturated rings. The summed E-state index contributed by atoms with van der Waals surface area (Å²) in [6.07, 6.45) is 10.7. The van der Waals surface area contributed by atoms with Crippen LogP contribution in [0.25, 0.3) is 0 Å². The van der Waals surface area contributed by atoms with E-state index >= 15 is 0 Å². The minimum absolute atomic E-state index is 0.208. The highest BCUT2D eigenvalue weighted by molar-refractivity contribution is 5.76. The fraction of sp³-hybridized carbons (Fsp3) is 0.895. The lowest BCUT2D eigenvalue weighted by atomic mass is 9.83. The second-order valence-corrected chi connectivity index (χ2v) is 7.94. The first-order chi connectivity index (χ1) is 11.1. The number of hydrogen-bond donors (Lipinski definition) is 0. The van der Waals surface area contributed by atoms with Gasteiger partial charge in [0.25, 0.3) is 0 Å². The van der Waals surface area contributed by atoms with Crippen molar-refractivity contribution in [2.75, 3.05) is 26.2 Å². The second-order valence-electron chi connectivity index (χ2n) is 7.94. The Morgan fingerprint density at radius 3 is 2.09 bits per heavy atom. The van der Waals surface area contributed by atoms with E-state index in [1.165, 1.54) is 38.5 Å². The molecule has 3 rings (SSSR count). The summed E-state index contributed by atoms with van der Waals surface area (Å²) in [4.78, 5) is 28.1. The summed E-state index contributed by atoms with van der Waals surface area (Å²) in [6, 6.07) is 0. The lowest BCUT2D eigenvalue weighted by Crippen LogP contribution is -2.39. The van der Waals surface area contributed by atoms with Crippen molar-refractivity contribution in [2.24, 2.45) is 17.8 Å². The van der Waals surface area contributed by atoms with Gasteiger partial charge in [-0.2, -0.15) is 0 Å². The van der Waals surface area contributed by atoms with E-state index in [0.717, 1.165) is 45.4 Å². The molecule has 2 amide bonds. The summed E-state index contributed by atoms with van der Waals surface area (Å²) in [5.41, 5.74) is 0. The highest BCUT2D eigenvalue weighted by atomic mass is 16.2. The lowest BCUT2D eigenvalue weighted by molar-refractivity contribution is -0.131. The van der Waals surface area contributed by atoms with E-state index in [4.69, 9.17) is 0 Å². The zero-order chi connectivity index (χ0) is 16.2. The van der Waals surface area contributed by atoms with Gasteiger partial charge in [-0.1, -0.05) is 19.3 Å². The normalized spacial score (nSPS) is 27.4. The minimum Gasteiger partial charge on any atom is -0.343 e. The maximum Gasteiger partial charge on any atom is 0.222 e. The van der Waals surface area contributed by atoms with Crippen molar-refractivity contribution in [3.05, 3.63) is 0 Å². The average molecular weight is 320 g/mol. The van der Waals surface area contributed by atoms with Crippen molar-refractivity contribution in [1.82, 2.24) is 9.80 Å². The fourth-order valence-corrected chi connectivity index (χ4v) is 4.85. The van der Waals surface area contributed by atoms with Crippen molar-refractivity contribution in [2.45, 2.75) is 64.7 Å². The number of hydrogen-bond acceptors (Lipinski definition) is 2. The molecule has 1 aliphatic carbocycles. The number of amides is 2. The molecule has 3 aliphatic rings. The van der Waals surface area contributed by atoms with Crippen LogP contribution < -0.4 is 0 Å². The van der Waals surface area contributed by atoms with Crippen molar-refractivity contribution in [3.63, 3.8) is 0 Å². The Balaban J connectivity index is 1.43. The van der Waals surface area contributed by atoms with Gasteiger partial charge in [-0.15, -0.1) is 0 Å². The molecule has 23 heavy (non-hydrogen) atoms. The van der Waals surface area contributed by atoms with Gasteiger partial charge in [-0.05, 0) is 49.9 Å². The maximum absolute atomic E-state index is 12.6. The third-order valence-electron chi connectivity index (χ3n) is 6.42. The largest absolute Gasteiger partial charge is 0.343 e. The summed E-state index contributed by atoms with van der Waals surface area (Å²) in [7, 11) is 0. The third kappa shape index (κ3) is 4.27. The standard InChI is InChI=1S/C19H32N2O2/c1-15(22)20-10-7-17(8-11-20)18-9-12-21(14-18)19(23)13-16-5-3-2-4-6-16/h16-18H,2-14H2,1H3. The van der Waals surface area contributed by atoms with Gasteiger partial charge in [0.2, 0.25) is 11.8 Å². The molecule has 4 nitrogen and oxygen atoms in total. The van der Waals surface area contributed by atoms with Crippen molar-refractivity contribution in [1.29, 1.82) is 0 Å². The molecule has 0 aromatic heterocycles. The summed E-state index contributed by atoms with van der Waals surface area (Å²) in [5, 5.41) is 0. The van der Waals surface area contributed by atoms with Crippen LogP contribution in [-0.2, 0) is 9.59 Å². The predicted octanol–water partition coefficient (Wildman–Crippen LogP) is 3.06. The molecule has 0 spiro atoms. The average Bonchev–Trinajstić information content (AvgIpc) is 3.06. The number of carbonyl (C=O) groups excluding carboxylic acids is 2. The van der Waals surface area contributed by atoms with E-state index in [0.29, 0.717) is 23.7 Å². The quantitative estimate of drug-likeness (QED) is 0.802. The van der Waals surface area contributed by atoms with Crippen LogP contribution in [0.3, 0.4) is 0 Å². The number of carbonyl (C=O) groups is 2. The first-order valence-corrected chi connectivity index (χ1v) is 9.66. The Bertz CT molecular complexity index is 423. The number of piperidine rings is 1. The monoisotopic (exact) mass is 320 g/mol. The topological polar surface area (TPSA) is 40.6 Å². The van der Waals surface area contributed by atoms with Crippen LogP contribution in [0.15, 0.2) is 0 Å². The van der Waals surface area contributed by atoms with Crippen molar-refractivity contribution >= 4 is 11.8 Å². The molecule has 1 saturated carbocycles. The summed E-state index contributed by atoms with van der Waals surface area (Å²) >= 11 is 0. The second kappa shape index (κ2) is 7.67. The lowest BCUT2D eigenvalue weighted by Gasteiger charge is -2.34. The molecule has 0 radical (unpaired) electrons. The molecule has 2 heterocycles. The van der Waals surface area contributed by atoms with Gasteiger partial charge in [0.05, 0.1) is 0 Å². The molecule has 2 aliphatic heterocycles. The molecule has 0 N–H and O–H groups in total. The van der Waals surface area contributed by atoms with Crippen LogP contribution in [0.1, 0.15) is 64.7 Å². The number of rotatable bonds is 3. The Labute approximate surface area is 140 Å². The van der Waals surface area contributed by atoms with Crippen LogP contribution in [0.5, 0.6) is 0 Å². The summed E-state index contributed by atoms with van der Waals surface area (Å²) < 4.78 is 0. The SMILES string of the molecule is CC(=O)N1CCC(C2CCN(C(=O)CC3CCCCC3)C2)CC1. The summed E-state index contributed by atoms with van der Waals surface area (Å²) in [6.45, 7) is 5.42. The van der Waals surface area contributed by atoms with Crippen molar-refractivity contribution < 1.29 is 9.59 Å². The Kier molecular flexibility index (Phi) is 5.60. The molecule has 1 atom stereocenters. The maximum atomic E-state index is 12.6. The van der Waals surface area contributed by atoms with Gasteiger partial charge < -0.3 is 9.80 Å². The van der Waals surface area contributed by atoms with Gasteiger partial charge in [-0.3, -0.25) is 9.59 Å². The van der Waals surface area contributed by atoms with Crippen LogP contribution in [-0.4, -0.2) is 47.8 Å². The zero-order valence-corrected chi connectivity index (χ0v) is 14.6. The van der Waals surface area contributed by atoms with Crippen LogP contribution in [0.4, 0.5) is 0 Å². The molecule has 130 valence electrons. The molecule has 2 saturated heterocycles. The molecule has 0 aromatic carbocycles. The minimum atomic E-state index is 0.208. The molecule has 0 aromatic rings. The first-order valence-electron chi connectivity index (χ1n) is 9.66. The first kappa shape index (κ1) is 16.8. The van der Waals surface area contributed by atoms with E-state index in [1.807, 2.05) is 4.90 Å². The van der Waals surface area contributed by atoms with E-state index in [-0.39, 0.29) is 5.91 Å². The van der Waals surface area contributed by atoms with Crippen molar-refractivity contribution in [3.8, 4) is 0 Å². The van der Waals surface area contributed by atoms with Crippen LogP contribution >= 0.6 is 0 Å². The Morgan fingerprint density at radius 2 is 1.43 bits per heavy atom. The van der Waals surface area contributed by atoms with Gasteiger partial charge >= 0.3 is 0 Å². The van der Waals surface area contributed by atoms with Gasteiger partial charge in [0.15, 0.2) is 0 Å². The van der Waals surface area contributed by atoms with Crippen LogP contribution in [0.2, 0.25) is 0 Å². The fourth-order valence-electron chi connectivity index (χ4n) is 4.85. The molecular weight excluding hydrogens is 288 g/mol. The van der Waals surface area contributed by atoms with Gasteiger partial charge in [-0.25, -0.2) is 0 Å². The molecule has 0 bridgehead atoms. The van der Waals surface area contributed by atoms with E-state index in [1.54, 1.807) is 6.92 Å². The Hall–Kier alpha value is -1.06. The predicted molar refractivity (Wildman–Crippen MR) is 90.9 cm³/mol. The van der Waals surface area contributed by atoms with E-state index in [9.17, 15) is 9.59 Å². The van der Waals surface area contributed by atoms with E-state index < -0.39 is 0 Å². The summed E-state index contributed by atoms with van der Waals surface area (Å²) in [5.74, 6) is 2.63. The molecule has 1 unspecified atom stereocenters. The van der Waals surface area contributed by atoms with Gasteiger partial charge in [0, 0.05) is 39.5 Å². The molecule has 4 heteroatoms. The number of nitrogens with zero attached hydrogens (tertiary/aromatic N) is 2. The highest BCUT2D eigenvalue weighted by Crippen LogP contribution is 2.33. The molecular formula is C19H32N2O2. The van der Waals surface area contributed by atoms with Gasteiger partial charge in [0.1, 0.15) is 0 Å².